The highest BCUT2D eigenvalue weighted by molar-refractivity contribution is 5.94. The van der Waals surface area contributed by atoms with Gasteiger partial charge >= 0.3 is 5.97 Å². The van der Waals surface area contributed by atoms with Crippen molar-refractivity contribution in [2.24, 2.45) is 0 Å². The number of esters is 1. The molecule has 0 amide bonds. The van der Waals surface area contributed by atoms with Gasteiger partial charge in [-0.05, 0) is 48.2 Å². The summed E-state index contributed by atoms with van der Waals surface area (Å²) in [7, 11) is 0. The molecule has 0 N–H and O–H groups in total. The lowest BCUT2D eigenvalue weighted by molar-refractivity contribution is 0.0644. The molecule has 1 aliphatic heterocycles. The van der Waals surface area contributed by atoms with E-state index in [1.54, 1.807) is 30.3 Å². The van der Waals surface area contributed by atoms with Gasteiger partial charge in [0.25, 0.3) is 0 Å². The summed E-state index contributed by atoms with van der Waals surface area (Å²) in [6.07, 6.45) is 2.13. The van der Waals surface area contributed by atoms with E-state index in [-0.39, 0.29) is 6.10 Å². The highest BCUT2D eigenvalue weighted by Crippen LogP contribution is 2.25. The van der Waals surface area contributed by atoms with Gasteiger partial charge in [0.1, 0.15) is 23.7 Å². The Kier molecular flexibility index (Phi) is 5.69. The van der Waals surface area contributed by atoms with E-state index in [0.717, 1.165) is 30.6 Å². The maximum absolute atomic E-state index is 12.7. The number of para-hydroxylation sites is 1. The first-order valence-corrected chi connectivity index (χ1v) is 9.51. The van der Waals surface area contributed by atoms with Crippen LogP contribution < -0.4 is 9.47 Å². The molecule has 3 aromatic rings. The molecular weight excluding hydrogens is 352 g/mol. The zero-order valence-electron chi connectivity index (χ0n) is 15.5. The van der Waals surface area contributed by atoms with Crippen LogP contribution in [0.2, 0.25) is 0 Å². The quantitative estimate of drug-likeness (QED) is 0.443. The van der Waals surface area contributed by atoms with Crippen LogP contribution in [0.25, 0.3) is 11.1 Å². The van der Waals surface area contributed by atoms with E-state index in [1.165, 1.54) is 0 Å². The van der Waals surface area contributed by atoms with E-state index < -0.39 is 5.97 Å². The fourth-order valence-corrected chi connectivity index (χ4v) is 3.23. The number of ether oxygens (including phenoxy) is 3. The van der Waals surface area contributed by atoms with Gasteiger partial charge in [-0.2, -0.15) is 0 Å². The van der Waals surface area contributed by atoms with Gasteiger partial charge in [0, 0.05) is 6.61 Å². The third kappa shape index (κ3) is 4.41. The summed E-state index contributed by atoms with van der Waals surface area (Å²) >= 11 is 0. The largest absolute Gasteiger partial charge is 0.490 e. The van der Waals surface area contributed by atoms with Crippen molar-refractivity contribution in [3.8, 4) is 22.6 Å². The SMILES string of the molecule is O=C(Oc1ccc(-c2ccccc2)cc1)c1ccccc1OCC1CCCO1. The zero-order valence-corrected chi connectivity index (χ0v) is 15.5. The second-order valence-electron chi connectivity index (χ2n) is 6.72. The van der Waals surface area contributed by atoms with E-state index in [9.17, 15) is 4.79 Å². The van der Waals surface area contributed by atoms with Crippen molar-refractivity contribution in [2.75, 3.05) is 13.2 Å². The Labute approximate surface area is 164 Å². The normalized spacial score (nSPS) is 15.9. The first-order chi connectivity index (χ1) is 13.8. The summed E-state index contributed by atoms with van der Waals surface area (Å²) in [6, 6.07) is 24.7. The summed E-state index contributed by atoms with van der Waals surface area (Å²) in [5.74, 6) is 0.581. The van der Waals surface area contributed by atoms with Crippen molar-refractivity contribution in [1.29, 1.82) is 0 Å². The molecule has 1 heterocycles. The fourth-order valence-electron chi connectivity index (χ4n) is 3.23. The lowest BCUT2D eigenvalue weighted by Crippen LogP contribution is -2.18. The monoisotopic (exact) mass is 374 g/mol. The van der Waals surface area contributed by atoms with Crippen LogP contribution in [0.5, 0.6) is 11.5 Å². The number of hydrogen-bond donors (Lipinski definition) is 0. The maximum atomic E-state index is 12.7. The number of benzene rings is 3. The molecule has 4 rings (SSSR count). The molecule has 4 heteroatoms. The van der Waals surface area contributed by atoms with Crippen molar-refractivity contribution in [3.05, 3.63) is 84.4 Å². The van der Waals surface area contributed by atoms with E-state index in [2.05, 4.69) is 0 Å². The van der Waals surface area contributed by atoms with Crippen molar-refractivity contribution in [1.82, 2.24) is 0 Å². The smallest absolute Gasteiger partial charge is 0.347 e. The Morgan fingerprint density at radius 3 is 2.36 bits per heavy atom. The van der Waals surface area contributed by atoms with E-state index in [0.29, 0.717) is 23.7 Å². The molecule has 0 aromatic heterocycles. The molecule has 28 heavy (non-hydrogen) atoms. The number of hydrogen-bond acceptors (Lipinski definition) is 4. The van der Waals surface area contributed by atoms with Crippen molar-refractivity contribution >= 4 is 5.97 Å². The van der Waals surface area contributed by atoms with Crippen LogP contribution in [0.15, 0.2) is 78.9 Å². The molecule has 1 unspecified atom stereocenters. The second-order valence-corrected chi connectivity index (χ2v) is 6.72. The van der Waals surface area contributed by atoms with Gasteiger partial charge in [-0.25, -0.2) is 4.79 Å². The Bertz CT molecular complexity index is 913. The summed E-state index contributed by atoms with van der Waals surface area (Å²) in [4.78, 5) is 12.7. The van der Waals surface area contributed by atoms with Crippen LogP contribution >= 0.6 is 0 Å². The van der Waals surface area contributed by atoms with E-state index >= 15 is 0 Å². The van der Waals surface area contributed by atoms with E-state index in [1.807, 2.05) is 48.5 Å². The average Bonchev–Trinajstić information content (AvgIpc) is 3.27. The molecule has 3 aromatic carbocycles. The van der Waals surface area contributed by atoms with Gasteiger partial charge in [-0.15, -0.1) is 0 Å². The van der Waals surface area contributed by atoms with Gasteiger partial charge < -0.3 is 14.2 Å². The number of carbonyl (C=O) groups excluding carboxylic acids is 1. The van der Waals surface area contributed by atoms with Gasteiger partial charge in [-0.3, -0.25) is 0 Å². The minimum Gasteiger partial charge on any atom is -0.490 e. The van der Waals surface area contributed by atoms with Crippen LogP contribution in [0.3, 0.4) is 0 Å². The number of rotatable bonds is 6. The Morgan fingerprint density at radius 1 is 0.893 bits per heavy atom. The molecule has 0 spiro atoms. The first-order valence-electron chi connectivity index (χ1n) is 9.51. The topological polar surface area (TPSA) is 44.8 Å². The molecule has 1 fully saturated rings. The third-order valence-electron chi connectivity index (χ3n) is 4.73. The summed E-state index contributed by atoms with van der Waals surface area (Å²) in [5.41, 5.74) is 2.60. The molecule has 4 nitrogen and oxygen atoms in total. The van der Waals surface area contributed by atoms with Crippen LogP contribution in [0.4, 0.5) is 0 Å². The van der Waals surface area contributed by atoms with Gasteiger partial charge in [-0.1, -0.05) is 54.6 Å². The molecule has 0 radical (unpaired) electrons. The molecule has 1 atom stereocenters. The van der Waals surface area contributed by atoms with Crippen LogP contribution in [-0.4, -0.2) is 25.3 Å². The van der Waals surface area contributed by atoms with Gasteiger partial charge in [0.15, 0.2) is 0 Å². The van der Waals surface area contributed by atoms with Crippen LogP contribution in [-0.2, 0) is 4.74 Å². The van der Waals surface area contributed by atoms with Crippen molar-refractivity contribution < 1.29 is 19.0 Å². The number of carbonyl (C=O) groups is 1. The zero-order chi connectivity index (χ0) is 19.2. The lowest BCUT2D eigenvalue weighted by atomic mass is 10.1. The highest BCUT2D eigenvalue weighted by atomic mass is 16.5. The van der Waals surface area contributed by atoms with E-state index in [4.69, 9.17) is 14.2 Å². The summed E-state index contributed by atoms with van der Waals surface area (Å²) in [5, 5.41) is 0. The summed E-state index contributed by atoms with van der Waals surface area (Å²) < 4.78 is 17.0. The Morgan fingerprint density at radius 2 is 1.61 bits per heavy atom. The maximum Gasteiger partial charge on any atom is 0.347 e. The second kappa shape index (κ2) is 8.72. The predicted octanol–water partition coefficient (Wildman–Crippen LogP) is 5.13. The molecule has 0 saturated carbocycles. The third-order valence-corrected chi connectivity index (χ3v) is 4.73. The molecule has 0 bridgehead atoms. The molecule has 1 aliphatic rings. The van der Waals surface area contributed by atoms with Gasteiger partial charge in [0.2, 0.25) is 0 Å². The Hall–Kier alpha value is -3.11. The van der Waals surface area contributed by atoms with Crippen molar-refractivity contribution in [3.63, 3.8) is 0 Å². The molecule has 142 valence electrons. The highest BCUT2D eigenvalue weighted by Gasteiger charge is 2.19. The summed E-state index contributed by atoms with van der Waals surface area (Å²) in [6.45, 7) is 1.22. The van der Waals surface area contributed by atoms with Crippen molar-refractivity contribution in [2.45, 2.75) is 18.9 Å². The average molecular weight is 374 g/mol. The standard InChI is InChI=1S/C24H22O4/c25-24(22-10-4-5-11-23(22)27-17-21-9-6-16-26-21)28-20-14-12-19(13-15-20)18-7-2-1-3-8-18/h1-5,7-8,10-15,21H,6,9,16-17H2. The van der Waals surface area contributed by atoms with Crippen LogP contribution in [0.1, 0.15) is 23.2 Å². The minimum atomic E-state index is -0.435. The first kappa shape index (κ1) is 18.3. The molecular formula is C24H22O4. The predicted molar refractivity (Wildman–Crippen MR) is 108 cm³/mol. The molecule has 1 saturated heterocycles. The van der Waals surface area contributed by atoms with Gasteiger partial charge in [0.05, 0.1) is 6.10 Å². The Balaban J connectivity index is 1.43. The minimum absolute atomic E-state index is 0.0922. The molecule has 0 aliphatic carbocycles. The van der Waals surface area contributed by atoms with Crippen LogP contribution in [0, 0.1) is 0 Å². The fraction of sp³-hybridized carbons (Fsp3) is 0.208. The lowest BCUT2D eigenvalue weighted by Gasteiger charge is -2.14.